The van der Waals surface area contributed by atoms with Crippen molar-refractivity contribution in [2.45, 2.75) is 56.5 Å². The molecule has 1 aliphatic carbocycles. The summed E-state index contributed by atoms with van der Waals surface area (Å²) in [6.07, 6.45) is 5.74. The van der Waals surface area contributed by atoms with Gasteiger partial charge in [0.05, 0.1) is 12.0 Å². The van der Waals surface area contributed by atoms with Gasteiger partial charge < -0.3 is 15.3 Å². The summed E-state index contributed by atoms with van der Waals surface area (Å²) >= 11 is 1.87. The minimum absolute atomic E-state index is 0.0337. The summed E-state index contributed by atoms with van der Waals surface area (Å²) < 4.78 is 0. The van der Waals surface area contributed by atoms with E-state index in [0.29, 0.717) is 0 Å². The maximum Gasteiger partial charge on any atom is 0.317 e. The second kappa shape index (κ2) is 6.70. The Morgan fingerprint density at radius 3 is 2.60 bits per heavy atom. The van der Waals surface area contributed by atoms with Crippen molar-refractivity contribution in [3.8, 4) is 0 Å². The number of amides is 2. The van der Waals surface area contributed by atoms with Gasteiger partial charge in [0.2, 0.25) is 0 Å². The molecule has 2 amide bonds. The van der Waals surface area contributed by atoms with Crippen LogP contribution in [-0.4, -0.2) is 52.1 Å². The predicted octanol–water partition coefficient (Wildman–Crippen LogP) is 2.31. The Bertz CT molecular complexity index is 363. The molecule has 2 N–H and O–H groups in total. The van der Waals surface area contributed by atoms with Crippen molar-refractivity contribution in [2.24, 2.45) is 0 Å². The van der Waals surface area contributed by atoms with Crippen LogP contribution in [0.25, 0.3) is 0 Å². The maximum absolute atomic E-state index is 12.4. The average molecular weight is 300 g/mol. The molecular weight excluding hydrogens is 276 g/mol. The number of carboxylic acid groups (broad SMARTS) is 1. The first-order valence-corrected chi connectivity index (χ1v) is 8.52. The fraction of sp³-hybridized carbons (Fsp3) is 0.857. The maximum atomic E-state index is 12.4. The molecule has 1 heterocycles. The number of thioether (sulfide) groups is 1. The third kappa shape index (κ3) is 3.81. The Morgan fingerprint density at radius 2 is 2.05 bits per heavy atom. The number of urea groups is 1. The lowest BCUT2D eigenvalue weighted by Crippen LogP contribution is -2.56. The molecule has 114 valence electrons. The predicted molar refractivity (Wildman–Crippen MR) is 80.1 cm³/mol. The molecule has 0 spiro atoms. The van der Waals surface area contributed by atoms with Gasteiger partial charge in [-0.25, -0.2) is 4.79 Å². The van der Waals surface area contributed by atoms with Gasteiger partial charge in [0.25, 0.3) is 0 Å². The highest BCUT2D eigenvalue weighted by Crippen LogP contribution is 2.31. The molecule has 0 radical (unpaired) electrons. The Balaban J connectivity index is 1.98. The number of rotatable bonds is 4. The normalized spacial score (nSPS) is 25.1. The molecule has 0 bridgehead atoms. The van der Waals surface area contributed by atoms with E-state index in [4.69, 9.17) is 5.11 Å². The van der Waals surface area contributed by atoms with E-state index in [0.717, 1.165) is 50.0 Å². The Hall–Kier alpha value is -0.910. The number of nitrogens with zero attached hydrogens (tertiary/aromatic N) is 1. The Kier molecular flexibility index (Phi) is 5.18. The van der Waals surface area contributed by atoms with Crippen molar-refractivity contribution in [3.05, 3.63) is 0 Å². The van der Waals surface area contributed by atoms with Crippen LogP contribution in [0.3, 0.4) is 0 Å². The summed E-state index contributed by atoms with van der Waals surface area (Å²) in [5.41, 5.74) is -0.541. The zero-order chi connectivity index (χ0) is 14.6. The zero-order valence-corrected chi connectivity index (χ0v) is 12.9. The summed E-state index contributed by atoms with van der Waals surface area (Å²) in [6, 6.07) is 0.172. The summed E-state index contributed by atoms with van der Waals surface area (Å²) in [7, 11) is 1.82. The van der Waals surface area contributed by atoms with Gasteiger partial charge in [-0.1, -0.05) is 19.3 Å². The van der Waals surface area contributed by atoms with E-state index in [1.54, 1.807) is 4.90 Å². The summed E-state index contributed by atoms with van der Waals surface area (Å²) in [4.78, 5) is 25.3. The fourth-order valence-corrected chi connectivity index (χ4v) is 4.44. The van der Waals surface area contributed by atoms with Crippen LogP contribution in [0, 0.1) is 0 Å². The SMILES string of the molecule is CN(C(=O)NC1(CC(=O)O)CCCCC1)C1CCSC1. The van der Waals surface area contributed by atoms with Crippen LogP contribution < -0.4 is 5.32 Å². The van der Waals surface area contributed by atoms with Crippen LogP contribution in [0.2, 0.25) is 0 Å². The van der Waals surface area contributed by atoms with Crippen LogP contribution in [-0.2, 0) is 4.79 Å². The lowest BCUT2D eigenvalue weighted by Gasteiger charge is -2.39. The minimum Gasteiger partial charge on any atom is -0.481 e. The highest BCUT2D eigenvalue weighted by atomic mass is 32.2. The second-order valence-electron chi connectivity index (χ2n) is 5.97. The highest BCUT2D eigenvalue weighted by molar-refractivity contribution is 7.99. The van der Waals surface area contributed by atoms with Gasteiger partial charge >= 0.3 is 12.0 Å². The molecule has 0 aromatic rings. The van der Waals surface area contributed by atoms with Crippen LogP contribution in [0.15, 0.2) is 0 Å². The van der Waals surface area contributed by atoms with E-state index in [2.05, 4.69) is 5.32 Å². The van der Waals surface area contributed by atoms with Crippen LogP contribution in [0.5, 0.6) is 0 Å². The first-order valence-electron chi connectivity index (χ1n) is 7.37. The number of nitrogens with one attached hydrogen (secondary N) is 1. The van der Waals surface area contributed by atoms with Gasteiger partial charge in [0.1, 0.15) is 0 Å². The standard InChI is InChI=1S/C14H24N2O3S/c1-16(11-5-8-20-10-11)13(19)15-14(9-12(17)18)6-3-2-4-7-14/h11H,2-10H2,1H3,(H,15,19)(H,17,18). The molecule has 20 heavy (non-hydrogen) atoms. The lowest BCUT2D eigenvalue weighted by atomic mass is 9.79. The van der Waals surface area contributed by atoms with Crippen molar-refractivity contribution < 1.29 is 14.7 Å². The van der Waals surface area contributed by atoms with Crippen LogP contribution >= 0.6 is 11.8 Å². The summed E-state index contributed by atoms with van der Waals surface area (Å²) in [5.74, 6) is 1.25. The third-order valence-electron chi connectivity index (χ3n) is 4.45. The number of hydrogen-bond acceptors (Lipinski definition) is 3. The molecule has 0 aromatic heterocycles. The topological polar surface area (TPSA) is 69.6 Å². The van der Waals surface area contributed by atoms with Gasteiger partial charge in [-0.3, -0.25) is 4.79 Å². The monoisotopic (exact) mass is 300 g/mol. The summed E-state index contributed by atoms with van der Waals surface area (Å²) in [5, 5.41) is 12.2. The van der Waals surface area contributed by atoms with E-state index in [1.165, 1.54) is 0 Å². The van der Waals surface area contributed by atoms with E-state index in [-0.39, 0.29) is 18.5 Å². The van der Waals surface area contributed by atoms with Crippen molar-refractivity contribution in [1.82, 2.24) is 10.2 Å². The average Bonchev–Trinajstić information content (AvgIpc) is 2.91. The van der Waals surface area contributed by atoms with Crippen LogP contribution in [0.1, 0.15) is 44.9 Å². The largest absolute Gasteiger partial charge is 0.481 e. The van der Waals surface area contributed by atoms with E-state index in [9.17, 15) is 9.59 Å². The molecule has 5 nitrogen and oxygen atoms in total. The van der Waals surface area contributed by atoms with Crippen molar-refractivity contribution in [1.29, 1.82) is 0 Å². The minimum atomic E-state index is -0.828. The summed E-state index contributed by atoms with van der Waals surface area (Å²) in [6.45, 7) is 0. The molecule has 1 unspecified atom stereocenters. The van der Waals surface area contributed by atoms with Gasteiger partial charge in [0, 0.05) is 18.8 Å². The Labute approximate surface area is 124 Å². The van der Waals surface area contributed by atoms with Gasteiger partial charge in [-0.2, -0.15) is 11.8 Å². The molecule has 0 aromatic carbocycles. The van der Waals surface area contributed by atoms with E-state index >= 15 is 0 Å². The Morgan fingerprint density at radius 1 is 1.35 bits per heavy atom. The van der Waals surface area contributed by atoms with Crippen LogP contribution in [0.4, 0.5) is 4.79 Å². The molecule has 2 fully saturated rings. The molecule has 1 saturated heterocycles. The molecule has 2 rings (SSSR count). The lowest BCUT2D eigenvalue weighted by molar-refractivity contribution is -0.139. The number of carboxylic acids is 1. The van der Waals surface area contributed by atoms with Crippen molar-refractivity contribution in [3.63, 3.8) is 0 Å². The number of carbonyl (C=O) groups excluding carboxylic acids is 1. The van der Waals surface area contributed by atoms with Crippen molar-refractivity contribution >= 4 is 23.8 Å². The highest BCUT2D eigenvalue weighted by Gasteiger charge is 2.37. The number of hydrogen-bond donors (Lipinski definition) is 2. The molecule has 6 heteroatoms. The number of aliphatic carboxylic acids is 1. The second-order valence-corrected chi connectivity index (χ2v) is 7.12. The molecule has 1 aliphatic heterocycles. The molecule has 1 atom stereocenters. The van der Waals surface area contributed by atoms with Gasteiger partial charge in [-0.15, -0.1) is 0 Å². The first-order chi connectivity index (χ1) is 9.52. The van der Waals surface area contributed by atoms with Gasteiger partial charge in [0.15, 0.2) is 0 Å². The van der Waals surface area contributed by atoms with Crippen molar-refractivity contribution in [2.75, 3.05) is 18.6 Å². The quantitative estimate of drug-likeness (QED) is 0.836. The third-order valence-corrected chi connectivity index (χ3v) is 5.59. The zero-order valence-electron chi connectivity index (χ0n) is 12.1. The van der Waals surface area contributed by atoms with E-state index < -0.39 is 11.5 Å². The molecule has 1 saturated carbocycles. The van der Waals surface area contributed by atoms with E-state index in [1.807, 2.05) is 18.8 Å². The smallest absolute Gasteiger partial charge is 0.317 e. The van der Waals surface area contributed by atoms with Gasteiger partial charge in [-0.05, 0) is 25.0 Å². The molecule has 2 aliphatic rings. The fourth-order valence-electron chi connectivity index (χ4n) is 3.17. The molecular formula is C14H24N2O3S. The number of carbonyl (C=O) groups is 2. The first kappa shape index (κ1) is 15.5.